The molecule has 0 aromatic carbocycles. The molecular weight excluding hydrogens is 184 g/mol. The summed E-state index contributed by atoms with van der Waals surface area (Å²) in [5.41, 5.74) is -0.0522. The van der Waals surface area contributed by atoms with Crippen molar-refractivity contribution in [3.05, 3.63) is 0 Å². The molecule has 4 nitrogen and oxygen atoms in total. The minimum atomic E-state index is -0.827. The summed E-state index contributed by atoms with van der Waals surface area (Å²) in [6, 6.07) is 0. The number of hydrogen-bond donors (Lipinski definition) is 1. The predicted octanol–water partition coefficient (Wildman–Crippen LogP) is 0.784. The molecule has 84 valence electrons. The molecule has 1 rings (SSSR count). The molecule has 4 heteroatoms. The Kier molecular flexibility index (Phi) is 3.89. The molecule has 0 amide bonds. The lowest BCUT2D eigenvalue weighted by Gasteiger charge is -2.43. The molecule has 0 aliphatic carbocycles. The standard InChI is InChI=1S/C10H20O4/c1-4-10(6-12-3)7-13-9(2,5-11)14-8-10/h11H,4-8H2,1-3H3. The molecule has 0 atom stereocenters. The van der Waals surface area contributed by atoms with Crippen molar-refractivity contribution in [2.75, 3.05) is 33.5 Å². The summed E-state index contributed by atoms with van der Waals surface area (Å²) in [5.74, 6) is -0.827. The first kappa shape index (κ1) is 11.9. The zero-order valence-corrected chi connectivity index (χ0v) is 9.21. The first-order valence-electron chi connectivity index (χ1n) is 4.97. The van der Waals surface area contributed by atoms with Crippen LogP contribution in [0.5, 0.6) is 0 Å². The van der Waals surface area contributed by atoms with E-state index in [2.05, 4.69) is 6.92 Å². The van der Waals surface area contributed by atoms with Crippen molar-refractivity contribution in [1.82, 2.24) is 0 Å². The van der Waals surface area contributed by atoms with Gasteiger partial charge in [-0.2, -0.15) is 0 Å². The van der Waals surface area contributed by atoms with Gasteiger partial charge in [0.25, 0.3) is 0 Å². The van der Waals surface area contributed by atoms with Crippen molar-refractivity contribution >= 4 is 0 Å². The van der Waals surface area contributed by atoms with Crippen LogP contribution in [0, 0.1) is 5.41 Å². The van der Waals surface area contributed by atoms with Gasteiger partial charge in [-0.05, 0) is 13.3 Å². The fraction of sp³-hybridized carbons (Fsp3) is 1.00. The molecule has 0 saturated carbocycles. The summed E-state index contributed by atoms with van der Waals surface area (Å²) < 4.78 is 16.2. The molecule has 1 aliphatic rings. The van der Waals surface area contributed by atoms with Gasteiger partial charge in [-0.1, -0.05) is 6.92 Å². The maximum Gasteiger partial charge on any atom is 0.188 e. The highest BCUT2D eigenvalue weighted by Gasteiger charge is 2.40. The molecular formula is C10H20O4. The number of ether oxygens (including phenoxy) is 3. The van der Waals surface area contributed by atoms with Crippen LogP contribution in [0.1, 0.15) is 20.3 Å². The lowest BCUT2D eigenvalue weighted by molar-refractivity contribution is -0.311. The van der Waals surface area contributed by atoms with E-state index in [1.807, 2.05) is 0 Å². The third kappa shape index (κ3) is 2.45. The zero-order chi connectivity index (χ0) is 10.7. The monoisotopic (exact) mass is 204 g/mol. The van der Waals surface area contributed by atoms with Crippen molar-refractivity contribution in [3.63, 3.8) is 0 Å². The van der Waals surface area contributed by atoms with E-state index in [-0.39, 0.29) is 12.0 Å². The Labute approximate surface area is 85.2 Å². The quantitative estimate of drug-likeness (QED) is 0.735. The second-order valence-corrected chi connectivity index (χ2v) is 4.16. The summed E-state index contributed by atoms with van der Waals surface area (Å²) in [4.78, 5) is 0. The maximum absolute atomic E-state index is 9.04. The van der Waals surface area contributed by atoms with Crippen LogP contribution < -0.4 is 0 Å². The summed E-state index contributed by atoms with van der Waals surface area (Å²) in [6.45, 7) is 5.51. The molecule has 1 fully saturated rings. The molecule has 1 N–H and O–H groups in total. The van der Waals surface area contributed by atoms with Crippen LogP contribution in [-0.2, 0) is 14.2 Å². The molecule has 0 bridgehead atoms. The van der Waals surface area contributed by atoms with Crippen molar-refractivity contribution < 1.29 is 19.3 Å². The van der Waals surface area contributed by atoms with Gasteiger partial charge >= 0.3 is 0 Å². The van der Waals surface area contributed by atoms with Crippen LogP contribution in [0.15, 0.2) is 0 Å². The zero-order valence-electron chi connectivity index (χ0n) is 9.21. The van der Waals surface area contributed by atoms with Gasteiger partial charge in [0, 0.05) is 12.5 Å². The molecule has 0 aromatic heterocycles. The van der Waals surface area contributed by atoms with E-state index in [4.69, 9.17) is 19.3 Å². The van der Waals surface area contributed by atoms with E-state index in [1.54, 1.807) is 14.0 Å². The van der Waals surface area contributed by atoms with Gasteiger partial charge in [0.2, 0.25) is 0 Å². The summed E-state index contributed by atoms with van der Waals surface area (Å²) in [5, 5.41) is 9.04. The Hall–Kier alpha value is -0.160. The average Bonchev–Trinajstić information content (AvgIpc) is 2.23. The van der Waals surface area contributed by atoms with Gasteiger partial charge in [-0.25, -0.2) is 0 Å². The summed E-state index contributed by atoms with van der Waals surface area (Å²) >= 11 is 0. The normalized spacial score (nSPS) is 38.6. The Morgan fingerprint density at radius 2 is 1.93 bits per heavy atom. The highest BCUT2D eigenvalue weighted by atomic mass is 16.7. The fourth-order valence-electron chi connectivity index (χ4n) is 1.48. The van der Waals surface area contributed by atoms with Crippen LogP contribution in [0.3, 0.4) is 0 Å². The Bertz CT molecular complexity index is 173. The van der Waals surface area contributed by atoms with Gasteiger partial charge in [0.1, 0.15) is 0 Å². The summed E-state index contributed by atoms with van der Waals surface area (Å²) in [7, 11) is 1.68. The van der Waals surface area contributed by atoms with Crippen LogP contribution in [0.2, 0.25) is 0 Å². The van der Waals surface area contributed by atoms with Crippen LogP contribution in [-0.4, -0.2) is 44.4 Å². The molecule has 14 heavy (non-hydrogen) atoms. The van der Waals surface area contributed by atoms with Gasteiger partial charge in [0.05, 0.1) is 26.4 Å². The van der Waals surface area contributed by atoms with E-state index >= 15 is 0 Å². The van der Waals surface area contributed by atoms with Gasteiger partial charge in [0.15, 0.2) is 5.79 Å². The molecule has 0 aromatic rings. The van der Waals surface area contributed by atoms with Crippen LogP contribution >= 0.6 is 0 Å². The predicted molar refractivity (Wildman–Crippen MR) is 52.0 cm³/mol. The number of aliphatic hydroxyl groups is 1. The van der Waals surface area contributed by atoms with Crippen molar-refractivity contribution in [1.29, 1.82) is 0 Å². The third-order valence-electron chi connectivity index (χ3n) is 2.86. The molecule has 1 saturated heterocycles. The van der Waals surface area contributed by atoms with E-state index in [0.717, 1.165) is 6.42 Å². The largest absolute Gasteiger partial charge is 0.391 e. The lowest BCUT2D eigenvalue weighted by atomic mass is 9.87. The Morgan fingerprint density at radius 1 is 1.36 bits per heavy atom. The van der Waals surface area contributed by atoms with E-state index in [9.17, 15) is 0 Å². The SMILES string of the molecule is CCC1(COC)COC(C)(CO)OC1. The smallest absolute Gasteiger partial charge is 0.188 e. The maximum atomic E-state index is 9.04. The molecule has 1 aliphatic heterocycles. The number of methoxy groups -OCH3 is 1. The third-order valence-corrected chi connectivity index (χ3v) is 2.86. The number of rotatable bonds is 4. The minimum Gasteiger partial charge on any atom is -0.391 e. The number of hydrogen-bond acceptors (Lipinski definition) is 4. The van der Waals surface area contributed by atoms with Crippen molar-refractivity contribution in [2.24, 2.45) is 5.41 Å². The molecule has 1 heterocycles. The Morgan fingerprint density at radius 3 is 2.29 bits per heavy atom. The van der Waals surface area contributed by atoms with Crippen LogP contribution in [0.4, 0.5) is 0 Å². The average molecular weight is 204 g/mol. The van der Waals surface area contributed by atoms with Crippen molar-refractivity contribution in [2.45, 2.75) is 26.1 Å². The minimum absolute atomic E-state index is 0.0522. The fourth-order valence-corrected chi connectivity index (χ4v) is 1.48. The Balaban J connectivity index is 2.54. The van der Waals surface area contributed by atoms with E-state index in [0.29, 0.717) is 19.8 Å². The number of aliphatic hydroxyl groups excluding tert-OH is 1. The lowest BCUT2D eigenvalue weighted by Crippen LogP contribution is -2.51. The topological polar surface area (TPSA) is 47.9 Å². The summed E-state index contributed by atoms with van der Waals surface area (Å²) in [6.07, 6.45) is 0.947. The van der Waals surface area contributed by atoms with Gasteiger partial charge in [-0.3, -0.25) is 0 Å². The second-order valence-electron chi connectivity index (χ2n) is 4.16. The first-order valence-corrected chi connectivity index (χ1v) is 4.97. The highest BCUT2D eigenvalue weighted by molar-refractivity contribution is 4.83. The van der Waals surface area contributed by atoms with Crippen LogP contribution in [0.25, 0.3) is 0 Å². The molecule has 0 spiro atoms. The highest BCUT2D eigenvalue weighted by Crippen LogP contribution is 2.32. The molecule has 0 unspecified atom stereocenters. The van der Waals surface area contributed by atoms with Gasteiger partial charge < -0.3 is 19.3 Å². The van der Waals surface area contributed by atoms with E-state index in [1.165, 1.54) is 0 Å². The van der Waals surface area contributed by atoms with E-state index < -0.39 is 5.79 Å². The first-order chi connectivity index (χ1) is 6.60. The second kappa shape index (κ2) is 4.57. The van der Waals surface area contributed by atoms with Gasteiger partial charge in [-0.15, -0.1) is 0 Å². The molecule has 0 radical (unpaired) electrons. The van der Waals surface area contributed by atoms with Crippen molar-refractivity contribution in [3.8, 4) is 0 Å².